The smallest absolute Gasteiger partial charge is 0.328 e. The molecule has 9 amide bonds. The van der Waals surface area contributed by atoms with Crippen molar-refractivity contribution >= 4 is 89.6 Å². The highest BCUT2D eigenvalue weighted by Crippen LogP contribution is 2.39. The van der Waals surface area contributed by atoms with Crippen LogP contribution in [-0.2, 0) is 94.5 Å². The quantitative estimate of drug-likeness (QED) is 0.0481. The third kappa shape index (κ3) is 18.4. The molecule has 6 fully saturated rings. The molecule has 6 aromatic rings. The molecule has 9 aliphatic rings. The second-order valence-electron chi connectivity index (χ2n) is 30.3. The number of aryl methyl sites for hydroxylation is 3. The molecule has 0 spiro atoms. The SMILES string of the molecule is COC1CCN(Cc2cc3c(nc2C=O)N(C(=O)Nc2cc(O[C@H]4CC[C@@H]4OC)c(C#N)cn2)CCC3)C1=O.CO[C@H]1CCN(Cc2cc3c(nc2C=O)N(C(=O)Nc2cc(C[C@@H]4CC[C@H]4OC)c(C#N)cn2)CCC3)C1=O.CO[C@H]1CCN(Cc2cc3c(nc2C=O)N(C(=O)Nc2cc(C[C@H]4CC[C@@H]4OC)c(C#N)cn2)CCC3)C1=O. The third-order valence-corrected chi connectivity index (χ3v) is 23.5. The molecule has 6 aromatic heterocycles. The van der Waals surface area contributed by atoms with Crippen molar-refractivity contribution in [3.8, 4) is 24.0 Å². The number of aromatic nitrogens is 6. The molecule has 12 heterocycles. The molecule has 612 valence electrons. The predicted molar refractivity (Wildman–Crippen MR) is 421 cm³/mol. The van der Waals surface area contributed by atoms with E-state index < -0.39 is 36.4 Å². The maximum absolute atomic E-state index is 13.4. The van der Waals surface area contributed by atoms with Crippen LogP contribution in [0.5, 0.6) is 5.75 Å². The largest absolute Gasteiger partial charge is 0.486 e. The third-order valence-electron chi connectivity index (χ3n) is 23.5. The number of urea groups is 3. The number of nitrogens with zero attached hydrogens (tertiary/aromatic N) is 15. The van der Waals surface area contributed by atoms with E-state index in [2.05, 4.69) is 64.1 Å². The van der Waals surface area contributed by atoms with Crippen molar-refractivity contribution in [2.75, 3.05) is 113 Å². The zero-order chi connectivity index (χ0) is 82.6. The van der Waals surface area contributed by atoms with E-state index in [1.54, 1.807) is 48.2 Å². The first kappa shape index (κ1) is 83.1. The molecule has 3 saturated carbocycles. The number of methoxy groups -OCH3 is 6. The summed E-state index contributed by atoms with van der Waals surface area (Å²) >= 11 is 0. The molecule has 1 unspecified atom stereocenters. The second-order valence-corrected chi connectivity index (χ2v) is 30.3. The van der Waals surface area contributed by atoms with Crippen molar-refractivity contribution in [2.45, 2.75) is 172 Å². The minimum atomic E-state index is -0.466. The number of amides is 9. The van der Waals surface area contributed by atoms with Crippen LogP contribution in [-0.4, -0.2) is 224 Å². The van der Waals surface area contributed by atoms with Gasteiger partial charge in [0.25, 0.3) is 17.7 Å². The summed E-state index contributed by atoms with van der Waals surface area (Å²) < 4.78 is 38.0. The first-order valence-electron chi connectivity index (χ1n) is 39.4. The molecular weight excluding hydrogens is 1510 g/mol. The van der Waals surface area contributed by atoms with Gasteiger partial charge in [-0.3, -0.25) is 59.4 Å². The maximum atomic E-state index is 13.4. The summed E-state index contributed by atoms with van der Waals surface area (Å²) in [6.07, 6.45) is 18.2. The van der Waals surface area contributed by atoms with E-state index in [0.29, 0.717) is 190 Å². The van der Waals surface area contributed by atoms with Crippen LogP contribution in [0.2, 0.25) is 0 Å². The molecule has 34 heteroatoms. The van der Waals surface area contributed by atoms with Crippen molar-refractivity contribution in [1.29, 1.82) is 15.8 Å². The van der Waals surface area contributed by atoms with Crippen LogP contribution >= 0.6 is 0 Å². The van der Waals surface area contributed by atoms with E-state index in [1.807, 2.05) is 18.2 Å². The van der Waals surface area contributed by atoms with Crippen LogP contribution in [0.1, 0.15) is 170 Å². The van der Waals surface area contributed by atoms with Crippen LogP contribution in [0.4, 0.5) is 49.3 Å². The van der Waals surface area contributed by atoms with Gasteiger partial charge in [0.1, 0.15) is 106 Å². The van der Waals surface area contributed by atoms with Crippen LogP contribution in [0.25, 0.3) is 0 Å². The van der Waals surface area contributed by atoms with Crippen LogP contribution < -0.4 is 35.4 Å². The van der Waals surface area contributed by atoms with Crippen LogP contribution in [0.3, 0.4) is 0 Å². The number of hydrogen-bond donors (Lipinski definition) is 3. The minimum Gasteiger partial charge on any atom is -0.486 e. The Kier molecular flexibility index (Phi) is 26.9. The minimum absolute atomic E-state index is 0.0411. The van der Waals surface area contributed by atoms with Crippen molar-refractivity contribution in [1.82, 2.24) is 44.6 Å². The molecule has 0 radical (unpaired) electrons. The Hall–Kier alpha value is -11.8. The molecule has 15 rings (SSSR count). The fourth-order valence-corrected chi connectivity index (χ4v) is 16.5. The fraction of sp³-hybridized carbons (Fsp3) is 0.494. The highest BCUT2D eigenvalue weighted by atomic mass is 16.5. The van der Waals surface area contributed by atoms with Gasteiger partial charge in [0, 0.05) is 156 Å². The number of nitriles is 3. The molecule has 9 atom stereocenters. The van der Waals surface area contributed by atoms with Gasteiger partial charge in [0.15, 0.2) is 18.9 Å². The lowest BCUT2D eigenvalue weighted by molar-refractivity contribution is -0.137. The van der Waals surface area contributed by atoms with Crippen LogP contribution in [0.15, 0.2) is 55.0 Å². The zero-order valence-corrected chi connectivity index (χ0v) is 66.2. The number of ether oxygens (including phenoxy) is 7. The Labute approximate surface area is 676 Å². The summed E-state index contributed by atoms with van der Waals surface area (Å²) in [4.78, 5) is 149. The maximum Gasteiger partial charge on any atom is 0.328 e. The summed E-state index contributed by atoms with van der Waals surface area (Å²) in [6.45, 7) is 3.70. The lowest BCUT2D eigenvalue weighted by atomic mass is 9.77. The Bertz CT molecular complexity index is 4450. The van der Waals surface area contributed by atoms with Gasteiger partial charge >= 0.3 is 18.1 Å². The van der Waals surface area contributed by atoms with Crippen LogP contribution in [0, 0.1) is 45.8 Å². The first-order chi connectivity index (χ1) is 56.8. The van der Waals surface area contributed by atoms with Crippen molar-refractivity contribution < 1.29 is 76.3 Å². The molecule has 3 saturated heterocycles. The van der Waals surface area contributed by atoms with E-state index >= 15 is 0 Å². The standard InChI is InChI=1S/2C28H32N6O5.C27H30N6O6/c2*1-38-23-6-5-17(23)10-19-12-25(30-14-21(19)13-29)32-28(37)34-8-3-4-18-11-20(22(16-35)31-26(18)34)15-33-9-7-24(39-2)27(33)36;1-37-20-5-6-21(20)39-23-11-24(29-13-18(23)12-28)31-27(36)33-8-3-4-16-10-17(19(15-34)30-25(16)33)14-32-9-7-22(38-2)26(32)35/h2*11-12,14,16-17,23-24H,3-10,15H2,1-2H3,(H,30,32,37);10-11,13,15,20-22H,3-9,14H2,1-2H3,(H,29,31,36)/t17-,23+,24+;17-,23+,24-;20-,21-,22?/m100/s1. The van der Waals surface area contributed by atoms with Crippen molar-refractivity contribution in [3.05, 3.63) is 133 Å². The zero-order valence-electron chi connectivity index (χ0n) is 66.2. The molecule has 34 nitrogen and oxygen atoms in total. The Morgan fingerprint density at radius 1 is 0.419 bits per heavy atom. The number of aldehydes is 3. The highest BCUT2D eigenvalue weighted by Gasteiger charge is 2.40. The second kappa shape index (κ2) is 37.8. The average molecular weight is 1600 g/mol. The number of likely N-dealkylation sites (tertiary alicyclic amines) is 3. The normalized spacial score (nSPS) is 22.1. The van der Waals surface area contributed by atoms with Gasteiger partial charge in [0.2, 0.25) is 0 Å². The number of pyridine rings is 6. The molecular formula is C83H94N18O16. The van der Waals surface area contributed by atoms with Gasteiger partial charge in [0.05, 0.1) is 35.6 Å². The summed E-state index contributed by atoms with van der Waals surface area (Å²) in [6, 6.07) is 15.8. The number of hydrogen-bond acceptors (Lipinski definition) is 25. The Balaban J connectivity index is 0.000000152. The highest BCUT2D eigenvalue weighted by molar-refractivity contribution is 6.04. The van der Waals surface area contributed by atoms with E-state index in [-0.39, 0.29) is 90.2 Å². The molecule has 3 aliphatic carbocycles. The average Bonchev–Trinajstić information content (AvgIpc) is 1.61. The van der Waals surface area contributed by atoms with Gasteiger partial charge in [-0.2, -0.15) is 15.8 Å². The first-order valence-corrected chi connectivity index (χ1v) is 39.4. The molecule has 117 heavy (non-hydrogen) atoms. The van der Waals surface area contributed by atoms with E-state index in [0.717, 1.165) is 79.2 Å². The van der Waals surface area contributed by atoms with Gasteiger partial charge < -0.3 is 47.9 Å². The number of carbonyl (C=O) groups is 9. The molecule has 0 aromatic carbocycles. The fourth-order valence-electron chi connectivity index (χ4n) is 16.5. The molecule has 6 aliphatic heterocycles. The van der Waals surface area contributed by atoms with Crippen molar-refractivity contribution in [3.63, 3.8) is 0 Å². The monoisotopic (exact) mass is 1600 g/mol. The Morgan fingerprint density at radius 2 is 0.752 bits per heavy atom. The number of anilines is 6. The van der Waals surface area contributed by atoms with Crippen molar-refractivity contribution in [2.24, 2.45) is 11.8 Å². The topological polar surface area (TPSA) is 422 Å². The van der Waals surface area contributed by atoms with Gasteiger partial charge in [-0.15, -0.1) is 0 Å². The predicted octanol–water partition coefficient (Wildman–Crippen LogP) is 8.17. The number of rotatable bonds is 24. The summed E-state index contributed by atoms with van der Waals surface area (Å²) in [7, 11) is 9.56. The molecule has 3 N–H and O–H groups in total. The summed E-state index contributed by atoms with van der Waals surface area (Å²) in [5.41, 5.74) is 7.91. The van der Waals surface area contributed by atoms with E-state index in [9.17, 15) is 58.9 Å². The summed E-state index contributed by atoms with van der Waals surface area (Å²) in [5.74, 6) is 2.86. The lowest BCUT2D eigenvalue weighted by Crippen LogP contribution is -2.42. The molecule has 0 bridgehead atoms. The Morgan fingerprint density at radius 3 is 1.04 bits per heavy atom. The van der Waals surface area contributed by atoms with Gasteiger partial charge in [-0.25, -0.2) is 44.3 Å². The van der Waals surface area contributed by atoms with E-state index in [1.165, 1.54) is 60.7 Å². The number of fused-ring (bicyclic) bond motifs is 3. The van der Waals surface area contributed by atoms with Gasteiger partial charge in [-0.1, -0.05) is 0 Å². The van der Waals surface area contributed by atoms with Gasteiger partial charge in [-0.05, 0) is 160 Å². The number of nitrogens with one attached hydrogen (secondary N) is 3. The van der Waals surface area contributed by atoms with E-state index in [4.69, 9.17) is 33.2 Å². The lowest BCUT2D eigenvalue weighted by Gasteiger charge is -2.35. The number of carbonyl (C=O) groups excluding carboxylic acids is 9. The summed E-state index contributed by atoms with van der Waals surface area (Å²) in [5, 5.41) is 37.0.